The van der Waals surface area contributed by atoms with Crippen LogP contribution in [0.5, 0.6) is 11.5 Å². The molecule has 1 fully saturated rings. The van der Waals surface area contributed by atoms with Crippen LogP contribution in [0.15, 0.2) is 48.5 Å². The summed E-state index contributed by atoms with van der Waals surface area (Å²) in [5.74, 6) is 1.51. The molecular weight excluding hydrogens is 314 g/mol. The van der Waals surface area contributed by atoms with Crippen molar-refractivity contribution in [2.24, 2.45) is 5.41 Å². The van der Waals surface area contributed by atoms with Crippen molar-refractivity contribution < 1.29 is 14.6 Å². The van der Waals surface area contributed by atoms with Crippen molar-refractivity contribution in [2.75, 3.05) is 26.4 Å². The van der Waals surface area contributed by atoms with Crippen LogP contribution in [0.1, 0.15) is 5.56 Å². The highest BCUT2D eigenvalue weighted by Crippen LogP contribution is 2.31. The first-order valence-corrected chi connectivity index (χ1v) is 8.00. The molecule has 0 spiro atoms. The molecule has 4 nitrogen and oxygen atoms in total. The van der Waals surface area contributed by atoms with E-state index in [0.717, 1.165) is 17.1 Å². The third kappa shape index (κ3) is 3.85. The molecule has 1 heterocycles. The Kier molecular flexibility index (Phi) is 5.18. The lowest BCUT2D eigenvalue weighted by Crippen LogP contribution is -2.52. The monoisotopic (exact) mass is 333 g/mol. The molecule has 0 atom stereocenters. The number of ether oxygens (including phenoxy) is 2. The van der Waals surface area contributed by atoms with Crippen LogP contribution in [-0.4, -0.2) is 31.5 Å². The van der Waals surface area contributed by atoms with E-state index in [-0.39, 0.29) is 12.0 Å². The number of hydrogen-bond donors (Lipinski definition) is 2. The van der Waals surface area contributed by atoms with Gasteiger partial charge in [0, 0.05) is 23.7 Å². The summed E-state index contributed by atoms with van der Waals surface area (Å²) in [4.78, 5) is 0. The summed E-state index contributed by atoms with van der Waals surface area (Å²) in [6.07, 6.45) is 0. The van der Waals surface area contributed by atoms with Crippen molar-refractivity contribution in [3.8, 4) is 11.5 Å². The molecule has 0 bridgehead atoms. The number of benzene rings is 2. The van der Waals surface area contributed by atoms with Gasteiger partial charge in [-0.2, -0.15) is 0 Å². The zero-order valence-corrected chi connectivity index (χ0v) is 13.6. The maximum atomic E-state index is 9.47. The third-order valence-corrected chi connectivity index (χ3v) is 4.35. The molecule has 5 heteroatoms. The number of nitrogens with one attached hydrogen (secondary N) is 1. The molecule has 0 amide bonds. The van der Waals surface area contributed by atoms with Gasteiger partial charge in [0.05, 0.1) is 25.2 Å². The fraction of sp³-hybridized carbons (Fsp3) is 0.333. The molecule has 0 saturated carbocycles. The van der Waals surface area contributed by atoms with Gasteiger partial charge in [-0.1, -0.05) is 35.9 Å². The van der Waals surface area contributed by atoms with E-state index in [1.54, 1.807) is 0 Å². The van der Waals surface area contributed by atoms with Crippen LogP contribution in [0, 0.1) is 5.41 Å². The predicted molar refractivity (Wildman–Crippen MR) is 90.0 cm³/mol. The van der Waals surface area contributed by atoms with Gasteiger partial charge >= 0.3 is 0 Å². The molecule has 1 aliphatic rings. The van der Waals surface area contributed by atoms with Crippen LogP contribution in [0.4, 0.5) is 0 Å². The molecule has 1 aliphatic heterocycles. The lowest BCUT2D eigenvalue weighted by Gasteiger charge is -2.40. The maximum absolute atomic E-state index is 9.47. The van der Waals surface area contributed by atoms with E-state index in [1.165, 1.54) is 0 Å². The van der Waals surface area contributed by atoms with Crippen LogP contribution in [0.3, 0.4) is 0 Å². The summed E-state index contributed by atoms with van der Waals surface area (Å²) >= 11 is 6.33. The Morgan fingerprint density at radius 2 is 1.91 bits per heavy atom. The Morgan fingerprint density at radius 3 is 2.57 bits per heavy atom. The third-order valence-electron chi connectivity index (χ3n) is 4.00. The maximum Gasteiger partial charge on any atom is 0.133 e. The number of hydrogen-bond acceptors (Lipinski definition) is 4. The molecule has 122 valence electrons. The van der Waals surface area contributed by atoms with Crippen molar-refractivity contribution in [3.05, 3.63) is 59.1 Å². The number of aliphatic hydroxyl groups is 1. The molecule has 0 aromatic heterocycles. The summed E-state index contributed by atoms with van der Waals surface area (Å²) in [6.45, 7) is 2.55. The number of halogens is 1. The Balaban J connectivity index is 1.68. The number of rotatable bonds is 7. The van der Waals surface area contributed by atoms with E-state index < -0.39 is 0 Å². The van der Waals surface area contributed by atoms with Gasteiger partial charge in [0.15, 0.2) is 0 Å². The van der Waals surface area contributed by atoms with Gasteiger partial charge in [-0.05, 0) is 24.3 Å². The normalized spacial score (nSPS) is 15.9. The van der Waals surface area contributed by atoms with Gasteiger partial charge in [-0.15, -0.1) is 0 Å². The SMILES string of the molecule is OCC1(CNCc2c(Cl)cccc2Oc2ccccc2)COC1. The number of aliphatic hydroxyl groups excluding tert-OH is 1. The van der Waals surface area contributed by atoms with Crippen molar-refractivity contribution >= 4 is 11.6 Å². The Labute approximate surface area is 141 Å². The lowest BCUT2D eigenvalue weighted by atomic mass is 9.87. The summed E-state index contributed by atoms with van der Waals surface area (Å²) in [5, 5.41) is 13.5. The van der Waals surface area contributed by atoms with E-state index in [2.05, 4.69) is 5.32 Å². The van der Waals surface area contributed by atoms with Crippen LogP contribution < -0.4 is 10.1 Å². The Hall–Kier alpha value is -1.59. The Morgan fingerprint density at radius 1 is 1.13 bits per heavy atom. The summed E-state index contributed by atoms with van der Waals surface area (Å²) in [5.41, 5.74) is 0.744. The molecule has 3 rings (SSSR count). The zero-order chi connectivity index (χ0) is 16.1. The second kappa shape index (κ2) is 7.32. The highest BCUT2D eigenvalue weighted by Gasteiger charge is 2.37. The van der Waals surface area contributed by atoms with Crippen molar-refractivity contribution in [2.45, 2.75) is 6.54 Å². The first kappa shape index (κ1) is 16.3. The topological polar surface area (TPSA) is 50.7 Å². The minimum Gasteiger partial charge on any atom is -0.457 e. The first-order valence-electron chi connectivity index (χ1n) is 7.62. The molecule has 2 N–H and O–H groups in total. The summed E-state index contributed by atoms with van der Waals surface area (Å²) in [7, 11) is 0. The second-order valence-electron chi connectivity index (χ2n) is 5.89. The number of para-hydroxylation sites is 1. The van der Waals surface area contributed by atoms with Crippen molar-refractivity contribution in [1.82, 2.24) is 5.32 Å². The van der Waals surface area contributed by atoms with Crippen LogP contribution in [-0.2, 0) is 11.3 Å². The van der Waals surface area contributed by atoms with E-state index >= 15 is 0 Å². The van der Waals surface area contributed by atoms with Crippen LogP contribution in [0.25, 0.3) is 0 Å². The molecule has 2 aromatic rings. The van der Waals surface area contributed by atoms with E-state index in [1.807, 2.05) is 48.5 Å². The highest BCUT2D eigenvalue weighted by atomic mass is 35.5. The van der Waals surface area contributed by atoms with E-state index in [4.69, 9.17) is 21.1 Å². The first-order chi connectivity index (χ1) is 11.2. The molecular formula is C18H20ClNO3. The second-order valence-corrected chi connectivity index (χ2v) is 6.29. The van der Waals surface area contributed by atoms with Crippen LogP contribution >= 0.6 is 11.6 Å². The van der Waals surface area contributed by atoms with Crippen LogP contribution in [0.2, 0.25) is 5.02 Å². The molecule has 0 radical (unpaired) electrons. The smallest absolute Gasteiger partial charge is 0.133 e. The molecule has 0 aliphatic carbocycles. The van der Waals surface area contributed by atoms with Gasteiger partial charge in [-0.25, -0.2) is 0 Å². The molecule has 2 aromatic carbocycles. The van der Waals surface area contributed by atoms with Crippen molar-refractivity contribution in [1.29, 1.82) is 0 Å². The van der Waals surface area contributed by atoms with E-state index in [0.29, 0.717) is 31.3 Å². The predicted octanol–water partition coefficient (Wildman–Crippen LogP) is 3.23. The molecule has 1 saturated heterocycles. The van der Waals surface area contributed by atoms with Gasteiger partial charge in [0.1, 0.15) is 11.5 Å². The largest absolute Gasteiger partial charge is 0.457 e. The average Bonchev–Trinajstić information content (AvgIpc) is 2.53. The minimum atomic E-state index is -0.165. The van der Waals surface area contributed by atoms with Gasteiger partial charge < -0.3 is 19.9 Å². The van der Waals surface area contributed by atoms with Crippen molar-refractivity contribution in [3.63, 3.8) is 0 Å². The standard InChI is InChI=1S/C18H20ClNO3/c19-16-7-4-8-17(23-14-5-2-1-3-6-14)15(16)9-20-10-18(11-21)12-22-13-18/h1-8,20-21H,9-13H2. The fourth-order valence-electron chi connectivity index (χ4n) is 2.51. The fourth-order valence-corrected chi connectivity index (χ4v) is 2.75. The van der Waals surface area contributed by atoms with Gasteiger partial charge in [0.2, 0.25) is 0 Å². The zero-order valence-electron chi connectivity index (χ0n) is 12.8. The Bertz CT molecular complexity index is 638. The molecule has 23 heavy (non-hydrogen) atoms. The lowest BCUT2D eigenvalue weighted by molar-refractivity contribution is -0.134. The van der Waals surface area contributed by atoms with Gasteiger partial charge in [-0.3, -0.25) is 0 Å². The quantitative estimate of drug-likeness (QED) is 0.816. The average molecular weight is 334 g/mol. The molecule has 0 unspecified atom stereocenters. The highest BCUT2D eigenvalue weighted by molar-refractivity contribution is 6.31. The van der Waals surface area contributed by atoms with E-state index in [9.17, 15) is 5.11 Å². The minimum absolute atomic E-state index is 0.121. The van der Waals surface area contributed by atoms with Gasteiger partial charge in [0.25, 0.3) is 0 Å². The summed E-state index contributed by atoms with van der Waals surface area (Å²) in [6, 6.07) is 15.3. The summed E-state index contributed by atoms with van der Waals surface area (Å²) < 4.78 is 11.1.